The fraction of sp³-hybridized carbons (Fsp3) is 1.00. The van der Waals surface area contributed by atoms with Gasteiger partial charge in [0.2, 0.25) is 0 Å². The molecule has 2 atom stereocenters. The van der Waals surface area contributed by atoms with E-state index in [1.54, 1.807) is 0 Å². The molecule has 0 aliphatic carbocycles. The van der Waals surface area contributed by atoms with Gasteiger partial charge in [-0.05, 0) is 19.3 Å². The normalized spacial score (nSPS) is 21.8. The molecular weight excluding hydrogens is 236 g/mol. The highest BCUT2D eigenvalue weighted by atomic mass is 16.6. The van der Waals surface area contributed by atoms with Crippen molar-refractivity contribution < 1.29 is 9.84 Å². The number of aliphatic hydroxyl groups excluding tert-OH is 1. The van der Waals surface area contributed by atoms with Gasteiger partial charge in [0.05, 0.1) is 12.2 Å². The lowest BCUT2D eigenvalue weighted by Crippen LogP contribution is -1.94. The average Bonchev–Trinajstić information content (AvgIpc) is 3.17. The predicted molar refractivity (Wildman–Crippen MR) is 81.4 cm³/mol. The minimum atomic E-state index is 0.364. The zero-order valence-corrected chi connectivity index (χ0v) is 12.9. The van der Waals surface area contributed by atoms with Crippen molar-refractivity contribution in [1.82, 2.24) is 0 Å². The van der Waals surface area contributed by atoms with E-state index in [1.807, 2.05) is 0 Å². The van der Waals surface area contributed by atoms with Gasteiger partial charge >= 0.3 is 0 Å². The standard InChI is InChI=1S/C17H34O2/c1-2-3-13-16-17(19-16)14-11-9-7-5-4-6-8-10-12-15-18/h16-18H,2-15H2,1H3. The van der Waals surface area contributed by atoms with E-state index >= 15 is 0 Å². The van der Waals surface area contributed by atoms with Gasteiger partial charge in [0.15, 0.2) is 0 Å². The summed E-state index contributed by atoms with van der Waals surface area (Å²) in [5.41, 5.74) is 0. The van der Waals surface area contributed by atoms with Crippen molar-refractivity contribution in [2.45, 2.75) is 103 Å². The van der Waals surface area contributed by atoms with Crippen molar-refractivity contribution in [2.24, 2.45) is 0 Å². The number of aliphatic hydroxyl groups is 1. The van der Waals surface area contributed by atoms with Crippen molar-refractivity contribution in [1.29, 1.82) is 0 Å². The second-order valence-electron chi connectivity index (χ2n) is 6.05. The molecule has 1 rings (SSSR count). The van der Waals surface area contributed by atoms with Crippen LogP contribution < -0.4 is 0 Å². The van der Waals surface area contributed by atoms with Crippen molar-refractivity contribution in [3.8, 4) is 0 Å². The summed E-state index contributed by atoms with van der Waals surface area (Å²) in [5, 5.41) is 8.67. The Morgan fingerprint density at radius 3 is 1.68 bits per heavy atom. The van der Waals surface area contributed by atoms with E-state index in [9.17, 15) is 0 Å². The summed E-state index contributed by atoms with van der Waals surface area (Å²) in [7, 11) is 0. The first-order valence-electron chi connectivity index (χ1n) is 8.64. The number of hydrogen-bond acceptors (Lipinski definition) is 2. The highest BCUT2D eigenvalue weighted by molar-refractivity contribution is 4.84. The van der Waals surface area contributed by atoms with E-state index in [0.29, 0.717) is 18.8 Å². The quantitative estimate of drug-likeness (QED) is 0.362. The molecule has 1 N–H and O–H groups in total. The van der Waals surface area contributed by atoms with Crippen molar-refractivity contribution in [3.05, 3.63) is 0 Å². The summed E-state index contributed by atoms with van der Waals surface area (Å²) < 4.78 is 5.68. The first-order valence-corrected chi connectivity index (χ1v) is 8.64. The molecule has 1 aliphatic rings. The zero-order chi connectivity index (χ0) is 13.8. The molecule has 0 bridgehead atoms. The van der Waals surface area contributed by atoms with Gasteiger partial charge in [-0.25, -0.2) is 0 Å². The molecule has 19 heavy (non-hydrogen) atoms. The Morgan fingerprint density at radius 2 is 1.16 bits per heavy atom. The third-order valence-corrected chi connectivity index (χ3v) is 4.18. The average molecular weight is 270 g/mol. The zero-order valence-electron chi connectivity index (χ0n) is 12.9. The molecule has 0 aromatic rings. The van der Waals surface area contributed by atoms with Gasteiger partial charge in [-0.15, -0.1) is 0 Å². The Morgan fingerprint density at radius 1 is 0.684 bits per heavy atom. The Balaban J connectivity index is 1.71. The minimum Gasteiger partial charge on any atom is -0.396 e. The smallest absolute Gasteiger partial charge is 0.0841 e. The first kappa shape index (κ1) is 17.0. The van der Waals surface area contributed by atoms with Gasteiger partial charge in [0.25, 0.3) is 0 Å². The largest absolute Gasteiger partial charge is 0.396 e. The number of hydrogen-bond donors (Lipinski definition) is 1. The molecule has 1 heterocycles. The maximum absolute atomic E-state index is 8.67. The summed E-state index contributed by atoms with van der Waals surface area (Å²) in [4.78, 5) is 0. The Bertz CT molecular complexity index is 194. The fourth-order valence-electron chi connectivity index (χ4n) is 2.79. The molecular formula is C17H34O2. The van der Waals surface area contributed by atoms with E-state index in [2.05, 4.69) is 6.92 Å². The van der Waals surface area contributed by atoms with Crippen LogP contribution in [0.25, 0.3) is 0 Å². The van der Waals surface area contributed by atoms with E-state index in [-0.39, 0.29) is 0 Å². The van der Waals surface area contributed by atoms with Crippen molar-refractivity contribution >= 4 is 0 Å². The van der Waals surface area contributed by atoms with Gasteiger partial charge in [0, 0.05) is 6.61 Å². The van der Waals surface area contributed by atoms with E-state index < -0.39 is 0 Å². The Kier molecular flexibility index (Phi) is 10.5. The van der Waals surface area contributed by atoms with Crippen LogP contribution in [0.1, 0.15) is 90.4 Å². The van der Waals surface area contributed by atoms with Gasteiger partial charge in [-0.1, -0.05) is 71.1 Å². The number of ether oxygens (including phenoxy) is 1. The summed E-state index contributed by atoms with van der Waals surface area (Å²) in [6, 6.07) is 0. The molecule has 1 aliphatic heterocycles. The first-order chi connectivity index (χ1) is 9.38. The summed E-state index contributed by atoms with van der Waals surface area (Å²) in [5.74, 6) is 0. The maximum Gasteiger partial charge on any atom is 0.0841 e. The topological polar surface area (TPSA) is 32.8 Å². The fourth-order valence-corrected chi connectivity index (χ4v) is 2.79. The SMILES string of the molecule is CCCCC1OC1CCCCCCCCCCCO. The van der Waals surface area contributed by atoms with Crippen LogP contribution in [0.2, 0.25) is 0 Å². The molecule has 1 saturated heterocycles. The van der Waals surface area contributed by atoms with Crippen molar-refractivity contribution in [3.63, 3.8) is 0 Å². The highest BCUT2D eigenvalue weighted by Crippen LogP contribution is 2.31. The Labute approximate surface area is 119 Å². The number of epoxide rings is 1. The van der Waals surface area contributed by atoms with Crippen LogP contribution in [0.4, 0.5) is 0 Å². The maximum atomic E-state index is 8.67. The van der Waals surface area contributed by atoms with Gasteiger partial charge in [-0.2, -0.15) is 0 Å². The van der Waals surface area contributed by atoms with Crippen molar-refractivity contribution in [2.75, 3.05) is 6.61 Å². The second-order valence-corrected chi connectivity index (χ2v) is 6.05. The van der Waals surface area contributed by atoms with Crippen LogP contribution >= 0.6 is 0 Å². The third-order valence-electron chi connectivity index (χ3n) is 4.18. The van der Waals surface area contributed by atoms with Crippen LogP contribution in [0.3, 0.4) is 0 Å². The van der Waals surface area contributed by atoms with Gasteiger partial charge in [0.1, 0.15) is 0 Å². The molecule has 0 spiro atoms. The predicted octanol–water partition coefficient (Wildman–Crippen LogP) is 4.84. The molecule has 0 saturated carbocycles. The lowest BCUT2D eigenvalue weighted by molar-refractivity contribution is 0.282. The van der Waals surface area contributed by atoms with Crippen LogP contribution in [0, 0.1) is 0 Å². The van der Waals surface area contributed by atoms with Gasteiger partial charge in [-0.3, -0.25) is 0 Å². The molecule has 2 nitrogen and oxygen atoms in total. The monoisotopic (exact) mass is 270 g/mol. The summed E-state index contributed by atoms with van der Waals surface area (Å²) in [6.07, 6.45) is 18.2. The van der Waals surface area contributed by atoms with Crippen LogP contribution in [0.15, 0.2) is 0 Å². The van der Waals surface area contributed by atoms with Crippen LogP contribution in [-0.2, 0) is 4.74 Å². The highest BCUT2D eigenvalue weighted by Gasteiger charge is 2.36. The molecule has 1 fully saturated rings. The molecule has 0 amide bonds. The summed E-state index contributed by atoms with van der Waals surface area (Å²) >= 11 is 0. The van der Waals surface area contributed by atoms with E-state index in [4.69, 9.17) is 9.84 Å². The van der Waals surface area contributed by atoms with Gasteiger partial charge < -0.3 is 9.84 Å². The summed E-state index contributed by atoms with van der Waals surface area (Å²) in [6.45, 7) is 2.61. The van der Waals surface area contributed by atoms with Crippen LogP contribution in [0.5, 0.6) is 0 Å². The minimum absolute atomic E-state index is 0.364. The molecule has 2 unspecified atom stereocenters. The van der Waals surface area contributed by atoms with E-state index in [1.165, 1.54) is 77.0 Å². The third kappa shape index (κ3) is 9.45. The Hall–Kier alpha value is -0.0800. The number of unbranched alkanes of at least 4 members (excludes halogenated alkanes) is 9. The van der Waals surface area contributed by atoms with Crippen LogP contribution in [-0.4, -0.2) is 23.9 Å². The lowest BCUT2D eigenvalue weighted by Gasteiger charge is -2.01. The molecule has 0 radical (unpaired) electrons. The second kappa shape index (κ2) is 11.7. The molecule has 0 aromatic heterocycles. The lowest BCUT2D eigenvalue weighted by atomic mass is 10.0. The molecule has 114 valence electrons. The molecule has 0 aromatic carbocycles. The van der Waals surface area contributed by atoms with E-state index in [0.717, 1.165) is 6.42 Å². The number of rotatable bonds is 14. The molecule has 2 heteroatoms.